The maximum absolute atomic E-state index is 13.2. The maximum atomic E-state index is 13.2. The molecule has 1 fully saturated rings. The standard InChI is InChI=1S/C15H21FN2O/c1-11(17)5-6-14(19)18-10-15(7-8-15)12-3-2-4-13(16)9-12/h2-4,9,11H,5-8,10,17H2,1H3,(H,18,19). The van der Waals surface area contributed by atoms with E-state index in [-0.39, 0.29) is 23.2 Å². The number of nitrogens with one attached hydrogen (secondary N) is 1. The summed E-state index contributed by atoms with van der Waals surface area (Å²) in [6.45, 7) is 2.48. The minimum atomic E-state index is -0.216. The van der Waals surface area contributed by atoms with E-state index < -0.39 is 0 Å². The number of benzene rings is 1. The van der Waals surface area contributed by atoms with E-state index in [4.69, 9.17) is 5.73 Å². The highest BCUT2D eigenvalue weighted by atomic mass is 19.1. The van der Waals surface area contributed by atoms with Crippen molar-refractivity contribution in [3.63, 3.8) is 0 Å². The van der Waals surface area contributed by atoms with E-state index in [1.807, 2.05) is 13.0 Å². The fourth-order valence-electron chi connectivity index (χ4n) is 2.25. The van der Waals surface area contributed by atoms with Crippen LogP contribution >= 0.6 is 0 Å². The van der Waals surface area contributed by atoms with E-state index in [1.165, 1.54) is 6.07 Å². The Morgan fingerprint density at radius 3 is 2.84 bits per heavy atom. The first-order valence-electron chi connectivity index (χ1n) is 6.80. The van der Waals surface area contributed by atoms with Gasteiger partial charge in [-0.3, -0.25) is 4.79 Å². The monoisotopic (exact) mass is 264 g/mol. The topological polar surface area (TPSA) is 55.1 Å². The lowest BCUT2D eigenvalue weighted by atomic mass is 9.96. The molecule has 0 saturated heterocycles. The molecular formula is C15H21FN2O. The molecule has 19 heavy (non-hydrogen) atoms. The van der Waals surface area contributed by atoms with Crippen LogP contribution in [0.15, 0.2) is 24.3 Å². The van der Waals surface area contributed by atoms with Gasteiger partial charge in [-0.05, 0) is 43.9 Å². The average molecular weight is 264 g/mol. The summed E-state index contributed by atoms with van der Waals surface area (Å²) in [5.41, 5.74) is 6.56. The Kier molecular flexibility index (Phi) is 4.20. The first-order valence-corrected chi connectivity index (χ1v) is 6.80. The van der Waals surface area contributed by atoms with Crippen LogP contribution in [0.25, 0.3) is 0 Å². The average Bonchev–Trinajstić information content (AvgIpc) is 3.15. The summed E-state index contributed by atoms with van der Waals surface area (Å²) in [5.74, 6) is -0.188. The van der Waals surface area contributed by atoms with E-state index in [0.29, 0.717) is 19.4 Å². The number of carbonyl (C=O) groups excluding carboxylic acids is 1. The summed E-state index contributed by atoms with van der Waals surface area (Å²) < 4.78 is 13.2. The molecule has 0 aromatic heterocycles. The van der Waals surface area contributed by atoms with E-state index in [9.17, 15) is 9.18 Å². The number of carbonyl (C=O) groups is 1. The van der Waals surface area contributed by atoms with Crippen LogP contribution in [-0.2, 0) is 10.2 Å². The van der Waals surface area contributed by atoms with Gasteiger partial charge in [-0.1, -0.05) is 12.1 Å². The van der Waals surface area contributed by atoms with Crippen LogP contribution in [0.3, 0.4) is 0 Å². The number of rotatable bonds is 6. The van der Waals surface area contributed by atoms with Crippen molar-refractivity contribution >= 4 is 5.91 Å². The summed E-state index contributed by atoms with van der Waals surface area (Å²) >= 11 is 0. The largest absolute Gasteiger partial charge is 0.355 e. The Hall–Kier alpha value is -1.42. The number of hydrogen-bond donors (Lipinski definition) is 2. The minimum absolute atomic E-state index is 0.0278. The quantitative estimate of drug-likeness (QED) is 0.826. The van der Waals surface area contributed by atoms with Crippen molar-refractivity contribution < 1.29 is 9.18 Å². The SMILES string of the molecule is CC(N)CCC(=O)NCC1(c2cccc(F)c2)CC1. The second-order valence-electron chi connectivity index (χ2n) is 5.58. The van der Waals surface area contributed by atoms with Crippen LogP contribution < -0.4 is 11.1 Å². The lowest BCUT2D eigenvalue weighted by Crippen LogP contribution is -2.33. The predicted molar refractivity (Wildman–Crippen MR) is 73.2 cm³/mol. The molecule has 1 aromatic rings. The molecule has 1 aliphatic carbocycles. The van der Waals surface area contributed by atoms with Gasteiger partial charge in [0.15, 0.2) is 0 Å². The van der Waals surface area contributed by atoms with E-state index >= 15 is 0 Å². The zero-order chi connectivity index (χ0) is 13.9. The van der Waals surface area contributed by atoms with Crippen LogP contribution in [0.5, 0.6) is 0 Å². The molecule has 3 N–H and O–H groups in total. The predicted octanol–water partition coefficient (Wildman–Crippen LogP) is 2.10. The Balaban J connectivity index is 1.87. The molecule has 0 aliphatic heterocycles. The number of halogens is 1. The molecule has 4 heteroatoms. The Labute approximate surface area is 113 Å². The van der Waals surface area contributed by atoms with Crippen LogP contribution in [0.1, 0.15) is 38.2 Å². The zero-order valence-electron chi connectivity index (χ0n) is 11.3. The van der Waals surface area contributed by atoms with Crippen LogP contribution in [0.2, 0.25) is 0 Å². The Bertz CT molecular complexity index is 455. The molecule has 3 nitrogen and oxygen atoms in total. The summed E-state index contributed by atoms with van der Waals surface area (Å²) in [4.78, 5) is 11.7. The van der Waals surface area contributed by atoms with Gasteiger partial charge in [0.2, 0.25) is 5.91 Å². The molecule has 1 amide bonds. The highest BCUT2D eigenvalue weighted by Crippen LogP contribution is 2.47. The zero-order valence-corrected chi connectivity index (χ0v) is 11.3. The molecule has 0 bridgehead atoms. The van der Waals surface area contributed by atoms with Gasteiger partial charge < -0.3 is 11.1 Å². The van der Waals surface area contributed by atoms with Crippen molar-refractivity contribution in [2.45, 2.75) is 44.1 Å². The fourth-order valence-corrected chi connectivity index (χ4v) is 2.25. The van der Waals surface area contributed by atoms with E-state index in [2.05, 4.69) is 5.32 Å². The van der Waals surface area contributed by atoms with Gasteiger partial charge in [-0.2, -0.15) is 0 Å². The van der Waals surface area contributed by atoms with Crippen LogP contribution in [-0.4, -0.2) is 18.5 Å². The molecule has 1 atom stereocenters. The molecule has 0 spiro atoms. The number of amides is 1. The molecule has 0 heterocycles. The smallest absolute Gasteiger partial charge is 0.220 e. The van der Waals surface area contributed by atoms with Gasteiger partial charge in [0, 0.05) is 24.4 Å². The highest BCUT2D eigenvalue weighted by Gasteiger charge is 2.44. The molecular weight excluding hydrogens is 243 g/mol. The Morgan fingerprint density at radius 2 is 2.26 bits per heavy atom. The van der Waals surface area contributed by atoms with Gasteiger partial charge in [0.1, 0.15) is 5.82 Å². The molecule has 1 unspecified atom stereocenters. The molecule has 1 aromatic carbocycles. The normalized spacial score (nSPS) is 17.8. The first-order chi connectivity index (χ1) is 9.02. The van der Waals surface area contributed by atoms with Crippen LogP contribution in [0.4, 0.5) is 4.39 Å². The lowest BCUT2D eigenvalue weighted by Gasteiger charge is -2.17. The third-order valence-corrected chi connectivity index (χ3v) is 3.74. The van der Waals surface area contributed by atoms with Gasteiger partial charge >= 0.3 is 0 Å². The molecule has 2 rings (SSSR count). The van der Waals surface area contributed by atoms with Gasteiger partial charge in [-0.15, -0.1) is 0 Å². The summed E-state index contributed by atoms with van der Waals surface area (Å²) in [5, 5.41) is 2.94. The summed E-state index contributed by atoms with van der Waals surface area (Å²) in [7, 11) is 0. The molecule has 1 aliphatic rings. The minimum Gasteiger partial charge on any atom is -0.355 e. The Morgan fingerprint density at radius 1 is 1.53 bits per heavy atom. The second kappa shape index (κ2) is 5.70. The van der Waals surface area contributed by atoms with Gasteiger partial charge in [-0.25, -0.2) is 4.39 Å². The van der Waals surface area contributed by atoms with Crippen molar-refractivity contribution in [3.8, 4) is 0 Å². The lowest BCUT2D eigenvalue weighted by molar-refractivity contribution is -0.121. The van der Waals surface area contributed by atoms with E-state index in [1.54, 1.807) is 12.1 Å². The van der Waals surface area contributed by atoms with Crippen molar-refractivity contribution in [1.29, 1.82) is 0 Å². The summed E-state index contributed by atoms with van der Waals surface area (Å²) in [6.07, 6.45) is 3.16. The van der Waals surface area contributed by atoms with Crippen molar-refractivity contribution in [2.75, 3.05) is 6.54 Å². The first kappa shape index (κ1) is 14.0. The molecule has 0 radical (unpaired) electrons. The van der Waals surface area contributed by atoms with Crippen molar-refractivity contribution in [1.82, 2.24) is 5.32 Å². The number of nitrogens with two attached hydrogens (primary N) is 1. The van der Waals surface area contributed by atoms with Crippen molar-refractivity contribution in [3.05, 3.63) is 35.6 Å². The summed E-state index contributed by atoms with van der Waals surface area (Å²) in [6, 6.07) is 6.72. The van der Waals surface area contributed by atoms with Crippen LogP contribution in [0, 0.1) is 5.82 Å². The third kappa shape index (κ3) is 3.77. The van der Waals surface area contributed by atoms with E-state index in [0.717, 1.165) is 18.4 Å². The highest BCUT2D eigenvalue weighted by molar-refractivity contribution is 5.76. The van der Waals surface area contributed by atoms with Crippen molar-refractivity contribution in [2.24, 2.45) is 5.73 Å². The van der Waals surface area contributed by atoms with Gasteiger partial charge in [0.05, 0.1) is 0 Å². The van der Waals surface area contributed by atoms with Gasteiger partial charge in [0.25, 0.3) is 0 Å². The number of hydrogen-bond acceptors (Lipinski definition) is 2. The fraction of sp³-hybridized carbons (Fsp3) is 0.533. The second-order valence-corrected chi connectivity index (χ2v) is 5.58. The molecule has 1 saturated carbocycles. The third-order valence-electron chi connectivity index (χ3n) is 3.74. The molecule has 104 valence electrons. The maximum Gasteiger partial charge on any atom is 0.220 e.